The molecule has 0 N–H and O–H groups in total. The second-order valence-electron chi connectivity index (χ2n) is 9.13. The minimum atomic E-state index is -0.0221. The van der Waals surface area contributed by atoms with Crippen LogP contribution in [0.5, 0.6) is 0 Å². The molecule has 1 saturated heterocycles. The molecule has 0 spiro atoms. The van der Waals surface area contributed by atoms with Crippen molar-refractivity contribution in [3.8, 4) is 0 Å². The first-order valence-corrected chi connectivity index (χ1v) is 11.5. The van der Waals surface area contributed by atoms with Crippen LogP contribution in [-0.2, 0) is 17.9 Å². The molecule has 32 heavy (non-hydrogen) atoms. The minimum Gasteiger partial charge on any atom is -0.337 e. The lowest BCUT2D eigenvalue weighted by molar-refractivity contribution is -0.134. The Morgan fingerprint density at radius 3 is 2.69 bits per heavy atom. The van der Waals surface area contributed by atoms with Crippen LogP contribution in [0.3, 0.4) is 0 Å². The molecule has 8 heteroatoms. The highest BCUT2D eigenvalue weighted by Crippen LogP contribution is 2.33. The van der Waals surface area contributed by atoms with Gasteiger partial charge in [0.15, 0.2) is 5.82 Å². The number of likely N-dealkylation sites (tertiary alicyclic amines) is 1. The summed E-state index contributed by atoms with van der Waals surface area (Å²) in [5.74, 6) is 2.42. The number of fused-ring (bicyclic) bond motifs is 2. The summed E-state index contributed by atoms with van der Waals surface area (Å²) in [4.78, 5) is 34.1. The summed E-state index contributed by atoms with van der Waals surface area (Å²) in [6, 6.07) is 9.82. The van der Waals surface area contributed by atoms with Crippen LogP contribution in [-0.4, -0.2) is 61.0 Å². The number of amides is 2. The molecule has 6 rings (SSSR count). The Kier molecular flexibility index (Phi) is 4.66. The molecule has 1 unspecified atom stereocenters. The fourth-order valence-corrected chi connectivity index (χ4v) is 5.07. The van der Waals surface area contributed by atoms with E-state index in [4.69, 9.17) is 0 Å². The average Bonchev–Trinajstić information content (AvgIpc) is 3.61. The largest absolute Gasteiger partial charge is 0.337 e. The van der Waals surface area contributed by atoms with Crippen molar-refractivity contribution in [3.63, 3.8) is 0 Å². The van der Waals surface area contributed by atoms with E-state index in [-0.39, 0.29) is 23.7 Å². The van der Waals surface area contributed by atoms with Gasteiger partial charge in [-0.3, -0.25) is 14.6 Å². The zero-order valence-electron chi connectivity index (χ0n) is 18.0. The summed E-state index contributed by atoms with van der Waals surface area (Å²) in [6.07, 6.45) is 5.65. The van der Waals surface area contributed by atoms with Crippen LogP contribution in [0, 0.1) is 5.92 Å². The van der Waals surface area contributed by atoms with Gasteiger partial charge >= 0.3 is 0 Å². The maximum Gasteiger partial charge on any atom is 0.273 e. The molecule has 8 nitrogen and oxygen atoms in total. The minimum absolute atomic E-state index is 0.0221. The lowest BCUT2D eigenvalue weighted by Crippen LogP contribution is -2.42. The van der Waals surface area contributed by atoms with Crippen molar-refractivity contribution in [1.82, 2.24) is 29.5 Å². The Labute approximate surface area is 186 Å². The molecule has 2 amide bonds. The second-order valence-corrected chi connectivity index (χ2v) is 9.13. The third-order valence-electron chi connectivity index (χ3n) is 6.97. The van der Waals surface area contributed by atoms with Gasteiger partial charge in [-0.2, -0.15) is 0 Å². The van der Waals surface area contributed by atoms with Gasteiger partial charge in [-0.1, -0.05) is 24.3 Å². The summed E-state index contributed by atoms with van der Waals surface area (Å²) >= 11 is 0. The van der Waals surface area contributed by atoms with E-state index in [2.05, 4.69) is 19.7 Å². The number of carbonyl (C=O) groups is 2. The van der Waals surface area contributed by atoms with Crippen LogP contribution < -0.4 is 0 Å². The normalized spacial score (nSPS) is 20.9. The summed E-state index contributed by atoms with van der Waals surface area (Å²) in [7, 11) is 0. The smallest absolute Gasteiger partial charge is 0.273 e. The van der Waals surface area contributed by atoms with E-state index in [0.29, 0.717) is 25.3 Å². The lowest BCUT2D eigenvalue weighted by atomic mass is 9.96. The van der Waals surface area contributed by atoms with Crippen LogP contribution >= 0.6 is 0 Å². The summed E-state index contributed by atoms with van der Waals surface area (Å²) < 4.78 is 2.17. The standard InChI is InChI=1S/C24H26N6O2/c31-23(17-7-8-17)29-12-13-30-20(15-29)26-27-22(30)18-5-3-11-28(14-18)24(32)21-19-6-2-1-4-16(19)9-10-25-21/h1-2,4,6,9-10,17-18H,3,5,7-8,11-15H2. The number of hydrogen-bond acceptors (Lipinski definition) is 5. The molecular weight excluding hydrogens is 404 g/mol. The number of nitrogens with zero attached hydrogens (tertiary/aromatic N) is 6. The Balaban J connectivity index is 1.21. The molecule has 2 fully saturated rings. The molecule has 4 heterocycles. The Hall–Kier alpha value is -3.29. The molecule has 1 aliphatic carbocycles. The van der Waals surface area contributed by atoms with E-state index in [1.807, 2.05) is 40.1 Å². The van der Waals surface area contributed by atoms with Crippen LogP contribution in [0.2, 0.25) is 0 Å². The van der Waals surface area contributed by atoms with Crippen molar-refractivity contribution in [2.24, 2.45) is 5.92 Å². The highest BCUT2D eigenvalue weighted by Gasteiger charge is 2.37. The first-order chi connectivity index (χ1) is 15.7. The third-order valence-corrected chi connectivity index (χ3v) is 6.97. The highest BCUT2D eigenvalue weighted by molar-refractivity contribution is 6.05. The average molecular weight is 431 g/mol. The molecule has 164 valence electrons. The van der Waals surface area contributed by atoms with Gasteiger partial charge in [-0.15, -0.1) is 10.2 Å². The van der Waals surface area contributed by atoms with Crippen molar-refractivity contribution in [2.45, 2.75) is 44.7 Å². The number of rotatable bonds is 3. The number of aromatic nitrogens is 4. The van der Waals surface area contributed by atoms with Gasteiger partial charge < -0.3 is 14.4 Å². The topological polar surface area (TPSA) is 84.2 Å². The zero-order valence-corrected chi connectivity index (χ0v) is 18.0. The quantitative estimate of drug-likeness (QED) is 0.638. The fraction of sp³-hybridized carbons (Fsp3) is 0.458. The molecule has 3 aromatic rings. The molecule has 1 aromatic carbocycles. The fourth-order valence-electron chi connectivity index (χ4n) is 5.07. The summed E-state index contributed by atoms with van der Waals surface area (Å²) in [5.41, 5.74) is 0.515. The van der Waals surface area contributed by atoms with Crippen molar-refractivity contribution in [1.29, 1.82) is 0 Å². The first-order valence-electron chi connectivity index (χ1n) is 11.5. The molecule has 1 atom stereocenters. The Morgan fingerprint density at radius 2 is 1.81 bits per heavy atom. The number of piperidine rings is 1. The SMILES string of the molecule is O=C(c1nccc2ccccc12)N1CCCC(c2nnc3n2CCN(C(=O)C2CC2)C3)C1. The van der Waals surface area contributed by atoms with Gasteiger partial charge in [0, 0.05) is 49.6 Å². The van der Waals surface area contributed by atoms with Gasteiger partial charge in [0.1, 0.15) is 11.5 Å². The van der Waals surface area contributed by atoms with Gasteiger partial charge in [0.05, 0.1) is 6.54 Å². The number of hydrogen-bond donors (Lipinski definition) is 0. The first kappa shape index (κ1) is 19.4. The molecule has 0 radical (unpaired) electrons. The monoisotopic (exact) mass is 430 g/mol. The van der Waals surface area contributed by atoms with Gasteiger partial charge in [-0.25, -0.2) is 0 Å². The maximum atomic E-state index is 13.4. The predicted octanol–water partition coefficient (Wildman–Crippen LogP) is 2.60. The third kappa shape index (κ3) is 3.34. The van der Waals surface area contributed by atoms with Crippen molar-refractivity contribution in [2.75, 3.05) is 19.6 Å². The van der Waals surface area contributed by atoms with Crippen LogP contribution in [0.4, 0.5) is 0 Å². The van der Waals surface area contributed by atoms with Crippen molar-refractivity contribution < 1.29 is 9.59 Å². The van der Waals surface area contributed by atoms with Crippen molar-refractivity contribution >= 4 is 22.6 Å². The molecule has 3 aliphatic rings. The second kappa shape index (κ2) is 7.69. The van der Waals surface area contributed by atoms with Gasteiger partial charge in [-0.05, 0) is 37.1 Å². The van der Waals surface area contributed by atoms with Crippen LogP contribution in [0.1, 0.15) is 53.7 Å². The van der Waals surface area contributed by atoms with Crippen molar-refractivity contribution in [3.05, 3.63) is 53.9 Å². The zero-order chi connectivity index (χ0) is 21.7. The maximum absolute atomic E-state index is 13.4. The van der Waals surface area contributed by atoms with E-state index >= 15 is 0 Å². The highest BCUT2D eigenvalue weighted by atomic mass is 16.2. The van der Waals surface area contributed by atoms with E-state index in [1.54, 1.807) is 6.20 Å². The number of carbonyl (C=O) groups excluding carboxylic acids is 2. The van der Waals surface area contributed by atoms with Gasteiger partial charge in [0.25, 0.3) is 5.91 Å². The van der Waals surface area contributed by atoms with E-state index < -0.39 is 0 Å². The van der Waals surface area contributed by atoms with E-state index in [9.17, 15) is 9.59 Å². The van der Waals surface area contributed by atoms with E-state index in [0.717, 1.165) is 61.2 Å². The van der Waals surface area contributed by atoms with Crippen LogP contribution in [0.25, 0.3) is 10.8 Å². The lowest BCUT2D eigenvalue weighted by Gasteiger charge is -2.34. The number of pyridine rings is 1. The van der Waals surface area contributed by atoms with Gasteiger partial charge in [0.2, 0.25) is 5.91 Å². The Bertz CT molecular complexity index is 1190. The van der Waals surface area contributed by atoms with E-state index in [1.165, 1.54) is 0 Å². The summed E-state index contributed by atoms with van der Waals surface area (Å²) in [6.45, 7) is 3.32. The molecule has 2 aliphatic heterocycles. The number of benzene rings is 1. The molecular formula is C24H26N6O2. The molecule has 0 bridgehead atoms. The van der Waals surface area contributed by atoms with Crippen LogP contribution in [0.15, 0.2) is 36.5 Å². The Morgan fingerprint density at radius 1 is 0.938 bits per heavy atom. The predicted molar refractivity (Wildman–Crippen MR) is 118 cm³/mol. The summed E-state index contributed by atoms with van der Waals surface area (Å²) in [5, 5.41) is 10.8. The molecule has 2 aromatic heterocycles. The molecule has 1 saturated carbocycles.